The smallest absolute Gasteiger partial charge is 0.0788 e. The number of aromatic nitrogens is 2. The summed E-state index contributed by atoms with van der Waals surface area (Å²) >= 11 is 0. The summed E-state index contributed by atoms with van der Waals surface area (Å²) in [5.41, 5.74) is 4.13. The summed E-state index contributed by atoms with van der Waals surface area (Å²) in [4.78, 5) is 9.89. The van der Waals surface area contributed by atoms with E-state index in [1.807, 2.05) is 12.1 Å². The minimum atomic E-state index is 1.03. The number of hydrogen-bond donors (Lipinski definition) is 0. The Labute approximate surface area is 149 Å². The fraction of sp³-hybridized carbons (Fsp3) is 0. The molecule has 2 aromatic heterocycles. The third kappa shape index (κ3) is 1.87. The van der Waals surface area contributed by atoms with E-state index in [9.17, 15) is 0 Å². The van der Waals surface area contributed by atoms with Crippen LogP contribution in [-0.2, 0) is 0 Å². The van der Waals surface area contributed by atoms with E-state index in [0.717, 1.165) is 43.6 Å². The van der Waals surface area contributed by atoms with Gasteiger partial charge in [0.15, 0.2) is 0 Å². The van der Waals surface area contributed by atoms with Gasteiger partial charge in [-0.3, -0.25) is 0 Å². The van der Waals surface area contributed by atoms with Gasteiger partial charge in [-0.2, -0.15) is 0 Å². The lowest BCUT2D eigenvalue weighted by atomic mass is 10.0. The Hall–Kier alpha value is -3.52. The predicted molar refractivity (Wildman–Crippen MR) is 110 cm³/mol. The first-order chi connectivity index (χ1) is 12.9. The summed E-state index contributed by atoms with van der Waals surface area (Å²) in [5, 5.41) is 6.98. The molecule has 0 aliphatic heterocycles. The lowest BCUT2D eigenvalue weighted by molar-refractivity contribution is 1.50. The van der Waals surface area contributed by atoms with Crippen molar-refractivity contribution in [3.63, 3.8) is 0 Å². The van der Waals surface area contributed by atoms with Crippen molar-refractivity contribution in [3.05, 3.63) is 84.9 Å². The van der Waals surface area contributed by atoms with E-state index in [2.05, 4.69) is 72.8 Å². The molecule has 0 unspecified atom stereocenters. The average molecular weight is 330 g/mol. The van der Waals surface area contributed by atoms with Crippen LogP contribution in [0.5, 0.6) is 0 Å². The first-order valence-corrected chi connectivity index (χ1v) is 8.78. The van der Waals surface area contributed by atoms with Gasteiger partial charge >= 0.3 is 0 Å². The minimum Gasteiger partial charge on any atom is -0.247 e. The molecule has 6 aromatic rings. The van der Waals surface area contributed by atoms with Crippen molar-refractivity contribution in [2.45, 2.75) is 0 Å². The first-order valence-electron chi connectivity index (χ1n) is 8.78. The molecule has 0 N–H and O–H groups in total. The monoisotopic (exact) mass is 330 g/mol. The van der Waals surface area contributed by atoms with E-state index in [1.165, 1.54) is 10.8 Å². The SMILES string of the molecule is c1ccc2nc3c(ccc4c3ccc3cc5ccccc5nc34)cc2c1. The third-order valence-electron chi connectivity index (χ3n) is 5.17. The maximum atomic E-state index is 4.95. The molecule has 4 aromatic carbocycles. The van der Waals surface area contributed by atoms with Gasteiger partial charge in [-0.25, -0.2) is 9.97 Å². The molecule has 0 radical (unpaired) electrons. The lowest BCUT2D eigenvalue weighted by Crippen LogP contribution is -1.88. The quantitative estimate of drug-likeness (QED) is 0.243. The number of para-hydroxylation sites is 2. The van der Waals surface area contributed by atoms with Gasteiger partial charge in [0.05, 0.1) is 22.1 Å². The zero-order valence-corrected chi connectivity index (χ0v) is 14.0. The van der Waals surface area contributed by atoms with Gasteiger partial charge in [-0.1, -0.05) is 60.7 Å². The molecule has 0 atom stereocenters. The molecule has 0 aliphatic rings. The Morgan fingerprint density at radius 2 is 0.885 bits per heavy atom. The highest BCUT2D eigenvalue weighted by Gasteiger charge is 2.09. The van der Waals surface area contributed by atoms with Crippen molar-refractivity contribution in [3.8, 4) is 0 Å². The van der Waals surface area contributed by atoms with Crippen LogP contribution in [0.3, 0.4) is 0 Å². The van der Waals surface area contributed by atoms with E-state index in [4.69, 9.17) is 9.97 Å². The van der Waals surface area contributed by atoms with Crippen LogP contribution in [0.4, 0.5) is 0 Å². The molecule has 2 nitrogen and oxygen atoms in total. The fourth-order valence-corrected chi connectivity index (χ4v) is 3.89. The van der Waals surface area contributed by atoms with Crippen molar-refractivity contribution in [2.75, 3.05) is 0 Å². The Morgan fingerprint density at radius 3 is 1.38 bits per heavy atom. The van der Waals surface area contributed by atoms with E-state index < -0.39 is 0 Å². The molecule has 0 aliphatic carbocycles. The summed E-state index contributed by atoms with van der Waals surface area (Å²) in [5.74, 6) is 0. The lowest BCUT2D eigenvalue weighted by Gasteiger charge is -2.09. The second-order valence-electron chi connectivity index (χ2n) is 6.73. The van der Waals surface area contributed by atoms with Gasteiger partial charge in [0.25, 0.3) is 0 Å². The van der Waals surface area contributed by atoms with Gasteiger partial charge in [0.1, 0.15) is 0 Å². The summed E-state index contributed by atoms with van der Waals surface area (Å²) in [6.07, 6.45) is 0. The predicted octanol–water partition coefficient (Wildman–Crippen LogP) is 6.24. The second kappa shape index (κ2) is 4.99. The van der Waals surface area contributed by atoms with E-state index in [0.29, 0.717) is 0 Å². The van der Waals surface area contributed by atoms with E-state index in [-0.39, 0.29) is 0 Å². The standard InChI is InChI=1S/C24H14N2/c1-3-7-21-15(5-1)13-17-9-11-20-19(23(17)25-21)12-10-18-14-16-6-2-4-8-22(16)26-24(18)20/h1-14H. The van der Waals surface area contributed by atoms with Gasteiger partial charge < -0.3 is 0 Å². The average Bonchev–Trinajstić information content (AvgIpc) is 2.70. The van der Waals surface area contributed by atoms with Crippen LogP contribution < -0.4 is 0 Å². The van der Waals surface area contributed by atoms with E-state index in [1.54, 1.807) is 0 Å². The molecule has 2 heteroatoms. The molecule has 6 rings (SSSR count). The second-order valence-corrected chi connectivity index (χ2v) is 6.73. The first kappa shape index (κ1) is 13.7. The van der Waals surface area contributed by atoms with Crippen LogP contribution in [0.15, 0.2) is 84.9 Å². The van der Waals surface area contributed by atoms with Crippen molar-refractivity contribution in [2.24, 2.45) is 0 Å². The van der Waals surface area contributed by atoms with Crippen LogP contribution in [0.1, 0.15) is 0 Å². The van der Waals surface area contributed by atoms with Crippen molar-refractivity contribution < 1.29 is 0 Å². The number of benzene rings is 4. The zero-order chi connectivity index (χ0) is 17.1. The highest BCUT2D eigenvalue weighted by Crippen LogP contribution is 2.32. The summed E-state index contributed by atoms with van der Waals surface area (Å²) < 4.78 is 0. The molecular formula is C24H14N2. The molecular weight excluding hydrogens is 316 g/mol. The largest absolute Gasteiger partial charge is 0.247 e. The molecule has 0 spiro atoms. The minimum absolute atomic E-state index is 1.03. The van der Waals surface area contributed by atoms with Crippen LogP contribution >= 0.6 is 0 Å². The van der Waals surface area contributed by atoms with Gasteiger partial charge in [0, 0.05) is 32.3 Å². The van der Waals surface area contributed by atoms with E-state index >= 15 is 0 Å². The highest BCUT2D eigenvalue weighted by atomic mass is 14.7. The van der Waals surface area contributed by atoms with Crippen molar-refractivity contribution >= 4 is 54.4 Å². The number of rotatable bonds is 0. The molecule has 0 fully saturated rings. The van der Waals surface area contributed by atoms with Gasteiger partial charge in [-0.05, 0) is 24.3 Å². The fourth-order valence-electron chi connectivity index (χ4n) is 3.89. The number of nitrogens with zero attached hydrogens (tertiary/aromatic N) is 2. The number of fused-ring (bicyclic) bond motifs is 7. The molecule has 0 amide bonds. The maximum absolute atomic E-state index is 4.95. The van der Waals surface area contributed by atoms with Crippen LogP contribution in [0.25, 0.3) is 54.4 Å². The van der Waals surface area contributed by atoms with Crippen molar-refractivity contribution in [1.29, 1.82) is 0 Å². The highest BCUT2D eigenvalue weighted by molar-refractivity contribution is 6.17. The number of hydrogen-bond acceptors (Lipinski definition) is 2. The molecule has 0 bridgehead atoms. The van der Waals surface area contributed by atoms with Crippen LogP contribution in [0.2, 0.25) is 0 Å². The summed E-state index contributed by atoms with van der Waals surface area (Å²) in [7, 11) is 0. The van der Waals surface area contributed by atoms with Gasteiger partial charge in [0.2, 0.25) is 0 Å². The normalized spacial score (nSPS) is 11.8. The molecule has 0 saturated heterocycles. The Kier molecular flexibility index (Phi) is 2.64. The molecule has 2 heterocycles. The Balaban J connectivity index is 1.80. The van der Waals surface area contributed by atoms with Crippen molar-refractivity contribution in [1.82, 2.24) is 9.97 Å². The zero-order valence-electron chi connectivity index (χ0n) is 14.0. The summed E-state index contributed by atoms with van der Waals surface area (Å²) in [6.45, 7) is 0. The topological polar surface area (TPSA) is 25.8 Å². The van der Waals surface area contributed by atoms with Crippen LogP contribution in [-0.4, -0.2) is 9.97 Å². The molecule has 120 valence electrons. The molecule has 0 saturated carbocycles. The van der Waals surface area contributed by atoms with Gasteiger partial charge in [-0.15, -0.1) is 0 Å². The Morgan fingerprint density at radius 1 is 0.423 bits per heavy atom. The Bertz CT molecular complexity index is 1370. The summed E-state index contributed by atoms with van der Waals surface area (Å²) in [6, 6.07) is 29.7. The third-order valence-corrected chi connectivity index (χ3v) is 5.17. The maximum Gasteiger partial charge on any atom is 0.0788 e. The van der Waals surface area contributed by atoms with Crippen LogP contribution in [0, 0.1) is 0 Å². The number of pyridine rings is 2. The molecule has 26 heavy (non-hydrogen) atoms.